The van der Waals surface area contributed by atoms with Crippen LogP contribution in [0.5, 0.6) is 11.5 Å². The molecule has 1 aliphatic carbocycles. The van der Waals surface area contributed by atoms with E-state index in [1.54, 1.807) is 38.4 Å². The highest BCUT2D eigenvalue weighted by Crippen LogP contribution is 2.52. The predicted molar refractivity (Wildman–Crippen MR) is 154 cm³/mol. The number of hydrogen-bond donors (Lipinski definition) is 0. The van der Waals surface area contributed by atoms with Gasteiger partial charge in [0.2, 0.25) is 5.60 Å². The first kappa shape index (κ1) is 32.1. The Hall–Kier alpha value is -2.78. The molecule has 0 aromatic heterocycles. The Morgan fingerprint density at radius 2 is 1.83 bits per heavy atom. The summed E-state index contributed by atoms with van der Waals surface area (Å²) in [4.78, 5) is 26.6. The largest absolute Gasteiger partial charge is 0.497 e. The molecule has 2 aliphatic rings. The fraction of sp³-hybridized carbons (Fsp3) is 0.562. The molecule has 0 spiro atoms. The van der Waals surface area contributed by atoms with Gasteiger partial charge in [-0.15, -0.1) is 0 Å². The van der Waals surface area contributed by atoms with Gasteiger partial charge in [0, 0.05) is 26.1 Å². The maximum Gasteiger partial charge on any atom is 0.428 e. The van der Waals surface area contributed by atoms with E-state index < -0.39 is 23.7 Å². The molecule has 1 saturated carbocycles. The first-order chi connectivity index (χ1) is 19.9. The standard InChI is InChI=1S/C32H39ClF3NO5/c1-20(7-6-16-41-25-14-15-26(27(33)18-25)30(39)37(2)3)21-10-12-22(13-11-21)28-19-29(38)31(42-28,32(34,35)36)23-8-5-9-24(17-23)40-4/h5,8-9,14-15,17-18,20-22,28H,6-7,10-13,16,19H2,1-4H3/t20-,21?,22?,28+,31-/m1/s1. The number of benzene rings is 2. The fourth-order valence-electron chi connectivity index (χ4n) is 6.30. The molecule has 2 aromatic carbocycles. The molecule has 0 unspecified atom stereocenters. The van der Waals surface area contributed by atoms with Crippen LogP contribution in [-0.4, -0.2) is 56.7 Å². The highest BCUT2D eigenvalue weighted by Gasteiger charge is 2.67. The smallest absolute Gasteiger partial charge is 0.428 e. The third-order valence-electron chi connectivity index (χ3n) is 8.78. The van der Waals surface area contributed by atoms with E-state index in [2.05, 4.69) is 6.92 Å². The summed E-state index contributed by atoms with van der Waals surface area (Å²) in [6.07, 6.45) is -0.869. The van der Waals surface area contributed by atoms with Crippen LogP contribution in [0.4, 0.5) is 13.2 Å². The predicted octanol–water partition coefficient (Wildman–Crippen LogP) is 7.47. The van der Waals surface area contributed by atoms with Gasteiger partial charge >= 0.3 is 6.18 Å². The lowest BCUT2D eigenvalue weighted by atomic mass is 9.73. The number of amides is 1. The van der Waals surface area contributed by atoms with Crippen molar-refractivity contribution >= 4 is 23.3 Å². The van der Waals surface area contributed by atoms with Gasteiger partial charge in [-0.05, 0) is 86.6 Å². The van der Waals surface area contributed by atoms with Crippen LogP contribution in [0, 0.1) is 17.8 Å². The quantitative estimate of drug-likeness (QED) is 0.262. The SMILES string of the molecule is COc1cccc([C@@]2(C(F)(F)F)O[C@H](C3CCC([C@H](C)CCCOc4ccc(C(=O)N(C)C)c(Cl)c4)CC3)CC2=O)c1. The van der Waals surface area contributed by atoms with Gasteiger partial charge in [-0.3, -0.25) is 9.59 Å². The van der Waals surface area contributed by atoms with Crippen molar-refractivity contribution in [2.75, 3.05) is 27.8 Å². The van der Waals surface area contributed by atoms with Crippen LogP contribution in [0.2, 0.25) is 5.02 Å². The summed E-state index contributed by atoms with van der Waals surface area (Å²) < 4.78 is 60.0. The summed E-state index contributed by atoms with van der Waals surface area (Å²) in [6, 6.07) is 10.6. The first-order valence-corrected chi connectivity index (χ1v) is 14.8. The Bertz CT molecular complexity index is 1260. The number of methoxy groups -OCH3 is 1. The molecule has 42 heavy (non-hydrogen) atoms. The number of rotatable bonds is 10. The van der Waals surface area contributed by atoms with Crippen LogP contribution in [0.3, 0.4) is 0 Å². The maximum atomic E-state index is 14.4. The molecule has 1 aliphatic heterocycles. The molecule has 1 saturated heterocycles. The molecule has 2 fully saturated rings. The summed E-state index contributed by atoms with van der Waals surface area (Å²) in [5.74, 6) is 0.530. The van der Waals surface area contributed by atoms with Gasteiger partial charge in [0.25, 0.3) is 5.91 Å². The second-order valence-electron chi connectivity index (χ2n) is 11.7. The molecular weight excluding hydrogens is 571 g/mol. The van der Waals surface area contributed by atoms with Gasteiger partial charge < -0.3 is 19.1 Å². The minimum atomic E-state index is -4.88. The van der Waals surface area contributed by atoms with Crippen molar-refractivity contribution < 1.29 is 37.0 Å². The minimum absolute atomic E-state index is 0.0948. The van der Waals surface area contributed by atoms with E-state index in [9.17, 15) is 22.8 Å². The van der Waals surface area contributed by atoms with E-state index in [0.29, 0.717) is 34.8 Å². The Kier molecular flexibility index (Phi) is 10.1. The van der Waals surface area contributed by atoms with Crippen LogP contribution < -0.4 is 9.47 Å². The second-order valence-corrected chi connectivity index (χ2v) is 12.1. The highest BCUT2D eigenvalue weighted by atomic mass is 35.5. The van der Waals surface area contributed by atoms with Crippen molar-refractivity contribution in [2.24, 2.45) is 17.8 Å². The summed E-state index contributed by atoms with van der Waals surface area (Å²) >= 11 is 6.27. The molecule has 4 rings (SSSR count). The number of alkyl halides is 3. The average molecular weight is 610 g/mol. The van der Waals surface area contributed by atoms with Crippen molar-refractivity contribution in [1.82, 2.24) is 4.90 Å². The van der Waals surface area contributed by atoms with Crippen molar-refractivity contribution in [2.45, 2.75) is 69.8 Å². The molecule has 0 bridgehead atoms. The van der Waals surface area contributed by atoms with Crippen molar-refractivity contribution in [3.8, 4) is 11.5 Å². The van der Waals surface area contributed by atoms with Crippen molar-refractivity contribution in [3.05, 3.63) is 58.6 Å². The zero-order chi connectivity index (χ0) is 30.7. The summed E-state index contributed by atoms with van der Waals surface area (Å²) in [7, 11) is 4.71. The summed E-state index contributed by atoms with van der Waals surface area (Å²) in [5, 5.41) is 0.347. The van der Waals surface area contributed by atoms with E-state index in [-0.39, 0.29) is 29.6 Å². The molecule has 1 heterocycles. The van der Waals surface area contributed by atoms with Gasteiger partial charge in [0.15, 0.2) is 5.78 Å². The maximum absolute atomic E-state index is 14.4. The zero-order valence-electron chi connectivity index (χ0n) is 24.5. The van der Waals surface area contributed by atoms with E-state index in [1.807, 2.05) is 0 Å². The molecule has 6 nitrogen and oxygen atoms in total. The summed E-state index contributed by atoms with van der Waals surface area (Å²) in [6.45, 7) is 2.72. The van der Waals surface area contributed by atoms with Crippen LogP contribution in [0.1, 0.15) is 67.8 Å². The van der Waals surface area contributed by atoms with Crippen molar-refractivity contribution in [1.29, 1.82) is 0 Å². The van der Waals surface area contributed by atoms with Crippen molar-refractivity contribution in [3.63, 3.8) is 0 Å². The van der Waals surface area contributed by atoms with E-state index in [4.69, 9.17) is 25.8 Å². The van der Waals surface area contributed by atoms with Crippen LogP contribution >= 0.6 is 11.6 Å². The number of ether oxygens (including phenoxy) is 3. The van der Waals surface area contributed by atoms with E-state index in [0.717, 1.165) is 38.5 Å². The Balaban J connectivity index is 1.27. The molecular formula is C32H39ClF3NO5. The average Bonchev–Trinajstić information content (AvgIpc) is 3.33. The van der Waals surface area contributed by atoms with Gasteiger partial charge in [-0.25, -0.2) is 0 Å². The van der Waals surface area contributed by atoms with Gasteiger partial charge in [-0.1, -0.05) is 30.7 Å². The minimum Gasteiger partial charge on any atom is -0.497 e. The lowest BCUT2D eigenvalue weighted by Crippen LogP contribution is -2.48. The highest BCUT2D eigenvalue weighted by molar-refractivity contribution is 6.34. The van der Waals surface area contributed by atoms with E-state index >= 15 is 0 Å². The normalized spacial score (nSPS) is 25.2. The number of hydrogen-bond acceptors (Lipinski definition) is 5. The number of carbonyl (C=O) groups excluding carboxylic acids is 2. The fourth-order valence-corrected chi connectivity index (χ4v) is 6.55. The first-order valence-electron chi connectivity index (χ1n) is 14.4. The number of halogens is 4. The Morgan fingerprint density at radius 3 is 2.45 bits per heavy atom. The van der Waals surface area contributed by atoms with Crippen LogP contribution in [-0.2, 0) is 15.1 Å². The molecule has 10 heteroatoms. The zero-order valence-corrected chi connectivity index (χ0v) is 25.3. The molecule has 1 amide bonds. The molecule has 230 valence electrons. The lowest BCUT2D eigenvalue weighted by Gasteiger charge is -2.36. The summed E-state index contributed by atoms with van der Waals surface area (Å²) in [5.41, 5.74) is -2.76. The van der Waals surface area contributed by atoms with Gasteiger partial charge in [0.05, 0.1) is 30.4 Å². The Morgan fingerprint density at radius 1 is 1.12 bits per heavy atom. The topological polar surface area (TPSA) is 65.1 Å². The van der Waals surface area contributed by atoms with Crippen LogP contribution in [0.15, 0.2) is 42.5 Å². The van der Waals surface area contributed by atoms with Crippen LogP contribution in [0.25, 0.3) is 0 Å². The monoisotopic (exact) mass is 609 g/mol. The Labute approximate surface area is 250 Å². The van der Waals surface area contributed by atoms with Gasteiger partial charge in [0.1, 0.15) is 11.5 Å². The third-order valence-corrected chi connectivity index (χ3v) is 9.09. The number of carbonyl (C=O) groups is 2. The second kappa shape index (κ2) is 13.2. The number of nitrogens with zero attached hydrogens (tertiary/aromatic N) is 1. The van der Waals surface area contributed by atoms with E-state index in [1.165, 1.54) is 30.2 Å². The molecule has 0 radical (unpaired) electrons. The third kappa shape index (κ3) is 6.72. The molecule has 0 N–H and O–H groups in total. The lowest BCUT2D eigenvalue weighted by molar-refractivity contribution is -0.272. The molecule has 2 aromatic rings. The molecule has 3 atom stereocenters. The number of Topliss-reactive ketones (excluding diaryl/α,β-unsaturated/α-hetero) is 1. The van der Waals surface area contributed by atoms with Gasteiger partial charge in [-0.2, -0.15) is 13.2 Å². The number of ketones is 1.